The number of hydrazine groups is 1. The van der Waals surface area contributed by atoms with Gasteiger partial charge in [0, 0.05) is 6.54 Å². The predicted octanol–water partition coefficient (Wildman–Crippen LogP) is -0.908. The third-order valence-electron chi connectivity index (χ3n) is 2.61. The smallest absolute Gasteiger partial charge is 0.322 e. The first-order chi connectivity index (χ1) is 9.25. The van der Waals surface area contributed by atoms with Crippen molar-refractivity contribution in [3.63, 3.8) is 0 Å². The minimum absolute atomic E-state index is 0.203. The van der Waals surface area contributed by atoms with Gasteiger partial charge in [0.15, 0.2) is 0 Å². The highest BCUT2D eigenvalue weighted by atomic mass is 16.4. The molecule has 116 valence electrons. The van der Waals surface area contributed by atoms with Gasteiger partial charge in [0.05, 0.1) is 0 Å². The normalized spacial score (nSPS) is 13.8. The Morgan fingerprint density at radius 2 is 1.70 bits per heavy atom. The minimum atomic E-state index is -1.11. The number of nitrogens with two attached hydrogens (primary N) is 1. The van der Waals surface area contributed by atoms with Crippen LogP contribution in [0, 0.1) is 5.92 Å². The number of carbonyl (C=O) groups is 3. The van der Waals surface area contributed by atoms with Crippen LogP contribution in [-0.4, -0.2) is 46.8 Å². The maximum absolute atomic E-state index is 11.0. The van der Waals surface area contributed by atoms with Gasteiger partial charge in [-0.05, 0) is 18.8 Å². The zero-order valence-electron chi connectivity index (χ0n) is 11.5. The summed E-state index contributed by atoms with van der Waals surface area (Å²) in [7, 11) is 0. The molecule has 0 aliphatic rings. The fourth-order valence-corrected chi connectivity index (χ4v) is 1.48. The van der Waals surface area contributed by atoms with Gasteiger partial charge in [-0.2, -0.15) is 0 Å². The molecule has 0 spiro atoms. The van der Waals surface area contributed by atoms with Crippen LogP contribution in [0.15, 0.2) is 0 Å². The van der Waals surface area contributed by atoms with Gasteiger partial charge in [-0.15, -0.1) is 0 Å². The zero-order valence-corrected chi connectivity index (χ0v) is 11.5. The van der Waals surface area contributed by atoms with Crippen molar-refractivity contribution < 1.29 is 24.6 Å². The van der Waals surface area contributed by atoms with Crippen molar-refractivity contribution in [1.29, 1.82) is 0 Å². The highest BCUT2D eigenvalue weighted by molar-refractivity contribution is 5.75. The van der Waals surface area contributed by atoms with Crippen molar-refractivity contribution in [2.24, 2.45) is 11.7 Å². The molecule has 0 aliphatic carbocycles. The van der Waals surface area contributed by atoms with Gasteiger partial charge in [-0.1, -0.05) is 13.8 Å². The number of aliphatic carboxylic acids is 2. The van der Waals surface area contributed by atoms with Crippen molar-refractivity contribution in [2.75, 3.05) is 6.54 Å². The van der Waals surface area contributed by atoms with E-state index in [1.807, 2.05) is 0 Å². The quantitative estimate of drug-likeness (QED) is 0.225. The molecule has 0 fully saturated rings. The second kappa shape index (κ2) is 9.10. The number of rotatable bonds is 10. The Bertz CT molecular complexity index is 348. The van der Waals surface area contributed by atoms with Gasteiger partial charge >= 0.3 is 18.0 Å². The van der Waals surface area contributed by atoms with Crippen LogP contribution in [0.2, 0.25) is 0 Å². The fourth-order valence-electron chi connectivity index (χ4n) is 1.48. The molecule has 0 heterocycles. The van der Waals surface area contributed by atoms with Gasteiger partial charge in [0.25, 0.3) is 0 Å². The monoisotopic (exact) mass is 290 g/mol. The molecular formula is C11H22N4O5. The van der Waals surface area contributed by atoms with Crippen molar-refractivity contribution in [3.05, 3.63) is 0 Å². The van der Waals surface area contributed by atoms with E-state index in [0.29, 0.717) is 6.42 Å². The molecule has 7 N–H and O–H groups in total. The number of amides is 2. The molecule has 2 atom stereocenters. The Balaban J connectivity index is 4.23. The predicted molar refractivity (Wildman–Crippen MR) is 70.8 cm³/mol. The number of carboxylic acids is 2. The summed E-state index contributed by atoms with van der Waals surface area (Å²) in [5, 5.41) is 20.3. The second-order valence-electron chi connectivity index (χ2n) is 4.67. The number of carboxylic acid groups (broad SMARTS) is 2. The number of carbonyl (C=O) groups excluding carboxylic acids is 1. The average molecular weight is 290 g/mol. The molecule has 2 amide bonds. The maximum atomic E-state index is 11.0. The van der Waals surface area contributed by atoms with Crippen molar-refractivity contribution >= 4 is 18.0 Å². The van der Waals surface area contributed by atoms with Gasteiger partial charge in [0.2, 0.25) is 0 Å². The second-order valence-corrected chi connectivity index (χ2v) is 4.67. The van der Waals surface area contributed by atoms with Crippen LogP contribution in [0.1, 0.15) is 26.7 Å². The van der Waals surface area contributed by atoms with Gasteiger partial charge in [0.1, 0.15) is 12.1 Å². The van der Waals surface area contributed by atoms with E-state index >= 15 is 0 Å². The lowest BCUT2D eigenvalue weighted by molar-refractivity contribution is -0.144. The SMILES string of the molecule is CC(C)[C@H](NN[C@@H](CCCNC(N)=O)C(=O)O)C(=O)O. The first kappa shape index (κ1) is 18.1. The molecule has 0 saturated carbocycles. The summed E-state index contributed by atoms with van der Waals surface area (Å²) in [6.45, 7) is 3.67. The molecule has 0 aromatic heterocycles. The first-order valence-corrected chi connectivity index (χ1v) is 6.25. The van der Waals surface area contributed by atoms with E-state index in [4.69, 9.17) is 15.9 Å². The summed E-state index contributed by atoms with van der Waals surface area (Å²) in [4.78, 5) is 32.4. The Kier molecular flexibility index (Phi) is 8.25. The van der Waals surface area contributed by atoms with Crippen molar-refractivity contribution in [3.8, 4) is 0 Å². The number of urea groups is 1. The molecule has 0 radical (unpaired) electrons. The number of hydrogen-bond donors (Lipinski definition) is 6. The third kappa shape index (κ3) is 7.54. The molecule has 0 aromatic rings. The summed E-state index contributed by atoms with van der Waals surface area (Å²) < 4.78 is 0. The molecule has 20 heavy (non-hydrogen) atoms. The van der Waals surface area contributed by atoms with E-state index in [0.717, 1.165) is 0 Å². The molecule has 0 aliphatic heterocycles. The molecule has 0 unspecified atom stereocenters. The summed E-state index contributed by atoms with van der Waals surface area (Å²) in [5.74, 6) is -2.37. The van der Waals surface area contributed by atoms with Crippen molar-refractivity contribution in [1.82, 2.24) is 16.2 Å². The standard InChI is InChI=1S/C11H22N4O5/c1-6(2)8(10(18)19)15-14-7(9(16)17)4-3-5-13-11(12)20/h6-8,14-15H,3-5H2,1-2H3,(H,16,17)(H,18,19)(H3,12,13,20)/t7-,8-/m0/s1. The van der Waals surface area contributed by atoms with Gasteiger partial charge in [-0.25, -0.2) is 15.6 Å². The number of nitrogens with one attached hydrogen (secondary N) is 3. The summed E-state index contributed by atoms with van der Waals surface area (Å²) in [5.41, 5.74) is 9.88. The fraction of sp³-hybridized carbons (Fsp3) is 0.727. The maximum Gasteiger partial charge on any atom is 0.322 e. The van der Waals surface area contributed by atoms with E-state index in [1.54, 1.807) is 13.8 Å². The summed E-state index contributed by atoms with van der Waals surface area (Å²) in [6.07, 6.45) is 0.612. The summed E-state index contributed by atoms with van der Waals surface area (Å²) in [6, 6.07) is -2.51. The lowest BCUT2D eigenvalue weighted by Crippen LogP contribution is -2.54. The van der Waals surface area contributed by atoms with E-state index in [9.17, 15) is 14.4 Å². The molecule has 0 saturated heterocycles. The Labute approximate surface area is 116 Å². The van der Waals surface area contributed by atoms with Crippen LogP contribution in [0.5, 0.6) is 0 Å². The topological polar surface area (TPSA) is 154 Å². The Morgan fingerprint density at radius 1 is 1.10 bits per heavy atom. The highest BCUT2D eigenvalue weighted by Crippen LogP contribution is 2.02. The minimum Gasteiger partial charge on any atom is -0.480 e. The highest BCUT2D eigenvalue weighted by Gasteiger charge is 2.24. The molecular weight excluding hydrogens is 268 g/mol. The molecule has 9 nitrogen and oxygen atoms in total. The number of hydrogen-bond acceptors (Lipinski definition) is 5. The largest absolute Gasteiger partial charge is 0.480 e. The first-order valence-electron chi connectivity index (χ1n) is 6.25. The van der Waals surface area contributed by atoms with E-state index in [-0.39, 0.29) is 18.9 Å². The Hall–Kier alpha value is -1.87. The van der Waals surface area contributed by atoms with E-state index in [1.165, 1.54) is 0 Å². The number of primary amides is 1. The van der Waals surface area contributed by atoms with Crippen LogP contribution < -0.4 is 21.9 Å². The van der Waals surface area contributed by atoms with E-state index < -0.39 is 30.1 Å². The molecule has 0 bridgehead atoms. The van der Waals surface area contributed by atoms with E-state index in [2.05, 4.69) is 16.2 Å². The van der Waals surface area contributed by atoms with Crippen LogP contribution in [0.4, 0.5) is 4.79 Å². The zero-order chi connectivity index (χ0) is 15.7. The third-order valence-corrected chi connectivity index (χ3v) is 2.61. The molecule has 0 aromatic carbocycles. The average Bonchev–Trinajstić information content (AvgIpc) is 2.30. The summed E-state index contributed by atoms with van der Waals surface area (Å²) >= 11 is 0. The Morgan fingerprint density at radius 3 is 2.10 bits per heavy atom. The van der Waals surface area contributed by atoms with Gasteiger partial charge in [-0.3, -0.25) is 9.59 Å². The van der Waals surface area contributed by atoms with Crippen LogP contribution in [0.3, 0.4) is 0 Å². The van der Waals surface area contributed by atoms with Gasteiger partial charge < -0.3 is 21.3 Å². The van der Waals surface area contributed by atoms with Crippen LogP contribution >= 0.6 is 0 Å². The lowest BCUT2D eigenvalue weighted by atomic mass is 10.1. The van der Waals surface area contributed by atoms with Crippen LogP contribution in [0.25, 0.3) is 0 Å². The van der Waals surface area contributed by atoms with Crippen LogP contribution in [-0.2, 0) is 9.59 Å². The lowest BCUT2D eigenvalue weighted by Gasteiger charge is -2.22. The van der Waals surface area contributed by atoms with Crippen molar-refractivity contribution in [2.45, 2.75) is 38.8 Å². The molecule has 9 heteroatoms. The molecule has 0 rings (SSSR count).